The molecule has 2 atom stereocenters. The van der Waals surface area contributed by atoms with Crippen LogP contribution in [0.25, 0.3) is 0 Å². The van der Waals surface area contributed by atoms with Crippen LogP contribution in [0.3, 0.4) is 0 Å². The minimum atomic E-state index is -0.344. The molecule has 13 heteroatoms. The summed E-state index contributed by atoms with van der Waals surface area (Å²) in [5, 5.41) is 10.5. The van der Waals surface area contributed by atoms with Crippen molar-refractivity contribution < 1.29 is 28.7 Å². The Kier molecular flexibility index (Phi) is 13.8. The first-order valence-electron chi connectivity index (χ1n) is 15.5. The number of carbonyl (C=O) groups excluding carboxylic acids is 4. The number of hydrogen-bond donors (Lipinski definition) is 6. The van der Waals surface area contributed by atoms with Gasteiger partial charge in [0.15, 0.2) is 11.5 Å². The minimum Gasteiger partial charge on any atom is -0.484 e. The molecule has 2 aromatic heterocycles. The molecule has 0 radical (unpaired) electrons. The molecule has 4 amide bonds. The van der Waals surface area contributed by atoms with Crippen molar-refractivity contribution in [2.24, 2.45) is 0 Å². The fourth-order valence-electron chi connectivity index (χ4n) is 4.49. The van der Waals surface area contributed by atoms with Crippen LogP contribution in [0.2, 0.25) is 0 Å². The summed E-state index contributed by atoms with van der Waals surface area (Å²) >= 11 is 3.39. The third-order valence-electron chi connectivity index (χ3n) is 7.13. The molecule has 2 unspecified atom stereocenters. The number of aromatic nitrogens is 2. The fraction of sp³-hybridized carbons (Fsp3) is 0.314. The average molecular weight is 724 g/mol. The third kappa shape index (κ3) is 9.98. The molecule has 0 saturated heterocycles. The van der Waals surface area contributed by atoms with Gasteiger partial charge in [-0.3, -0.25) is 19.2 Å². The second kappa shape index (κ2) is 17.8. The Hall–Kier alpha value is -5.04. The van der Waals surface area contributed by atoms with Gasteiger partial charge in [0.2, 0.25) is 0 Å². The van der Waals surface area contributed by atoms with Gasteiger partial charge in [-0.25, -0.2) is 0 Å². The van der Waals surface area contributed by atoms with Crippen molar-refractivity contribution in [1.82, 2.24) is 31.2 Å². The summed E-state index contributed by atoms with van der Waals surface area (Å²) in [6, 6.07) is 18.8. The molecular weight excluding hydrogens is 680 g/mol. The molecule has 0 aliphatic heterocycles. The van der Waals surface area contributed by atoms with Crippen molar-refractivity contribution in [3.63, 3.8) is 0 Å². The molecule has 2 heterocycles. The normalized spacial score (nSPS) is 11.7. The first kappa shape index (κ1) is 37.4. The monoisotopic (exact) mass is 722 g/mol. The summed E-state index contributed by atoms with van der Waals surface area (Å²) in [6.07, 6.45) is -0.536. The number of aryl methyl sites for hydroxylation is 1. The standard InChI is InChI=1S/C18H23N3O3.C17H20BrN3O3/c1-5-20-17(22)14-10-15(16(21-14)18(23)19-4)24-12(3)13-8-6-11(2)7-9-13;1-4-20-16(22)13-9-14(15(21-13)17(23)19-3)24-10(2)11-5-7-12(18)8-6-11/h6-10,12,21H,5H2,1-4H3,(H,19,23)(H,20,22);5-10,21H,4H2,1-3H3,(H,19,23)(H,20,22). The van der Waals surface area contributed by atoms with E-state index in [0.29, 0.717) is 30.3 Å². The van der Waals surface area contributed by atoms with Gasteiger partial charge in [-0.2, -0.15) is 0 Å². The van der Waals surface area contributed by atoms with Crippen LogP contribution in [-0.4, -0.2) is 60.8 Å². The van der Waals surface area contributed by atoms with Crippen LogP contribution in [0.1, 0.15) is 98.5 Å². The van der Waals surface area contributed by atoms with Gasteiger partial charge < -0.3 is 40.7 Å². The van der Waals surface area contributed by atoms with Gasteiger partial charge in [0, 0.05) is 43.8 Å². The predicted molar refractivity (Wildman–Crippen MR) is 188 cm³/mol. The highest BCUT2D eigenvalue weighted by atomic mass is 79.9. The molecule has 0 aliphatic carbocycles. The molecule has 12 nitrogen and oxygen atoms in total. The lowest BCUT2D eigenvalue weighted by Crippen LogP contribution is -2.23. The zero-order valence-electron chi connectivity index (χ0n) is 28.2. The number of carbonyl (C=O) groups is 4. The van der Waals surface area contributed by atoms with E-state index >= 15 is 0 Å². The van der Waals surface area contributed by atoms with E-state index in [4.69, 9.17) is 9.47 Å². The Bertz CT molecular complexity index is 1570. The Morgan fingerprint density at radius 2 is 1.04 bits per heavy atom. The minimum absolute atomic E-state index is 0.225. The van der Waals surface area contributed by atoms with Crippen molar-refractivity contribution in [3.8, 4) is 11.5 Å². The highest BCUT2D eigenvalue weighted by Gasteiger charge is 2.22. The molecule has 0 bridgehead atoms. The smallest absolute Gasteiger partial charge is 0.271 e. The van der Waals surface area contributed by atoms with Crippen molar-refractivity contribution >= 4 is 39.6 Å². The lowest BCUT2D eigenvalue weighted by atomic mass is 10.1. The first-order valence-corrected chi connectivity index (χ1v) is 16.3. The quantitative estimate of drug-likeness (QED) is 0.111. The van der Waals surface area contributed by atoms with Gasteiger partial charge in [-0.15, -0.1) is 0 Å². The average Bonchev–Trinajstić information content (AvgIpc) is 3.70. The van der Waals surface area contributed by atoms with E-state index in [9.17, 15) is 19.2 Å². The van der Waals surface area contributed by atoms with E-state index in [2.05, 4.69) is 47.2 Å². The highest BCUT2D eigenvalue weighted by Crippen LogP contribution is 2.28. The van der Waals surface area contributed by atoms with E-state index in [1.165, 1.54) is 14.1 Å². The maximum absolute atomic E-state index is 12.0. The SMILES string of the molecule is CCNC(=O)c1cc(OC(C)c2ccc(Br)cc2)c(C(=O)NC)[nH]1.CCNC(=O)c1cc(OC(C)c2ccc(C)cc2)c(C(=O)NC)[nH]1. The zero-order valence-corrected chi connectivity index (χ0v) is 29.8. The fourth-order valence-corrected chi connectivity index (χ4v) is 4.75. The maximum Gasteiger partial charge on any atom is 0.271 e. The van der Waals surface area contributed by atoms with Crippen LogP contribution in [-0.2, 0) is 0 Å². The van der Waals surface area contributed by atoms with Gasteiger partial charge >= 0.3 is 0 Å². The van der Waals surface area contributed by atoms with Crippen LogP contribution in [0.5, 0.6) is 11.5 Å². The lowest BCUT2D eigenvalue weighted by molar-refractivity contribution is 0.0935. The van der Waals surface area contributed by atoms with Gasteiger partial charge in [0.05, 0.1) is 0 Å². The molecule has 0 aliphatic rings. The largest absolute Gasteiger partial charge is 0.484 e. The summed E-state index contributed by atoms with van der Waals surface area (Å²) < 4.78 is 12.8. The molecule has 2 aromatic carbocycles. The number of hydrogen-bond acceptors (Lipinski definition) is 6. The molecule has 0 saturated carbocycles. The second-order valence-corrected chi connectivity index (χ2v) is 11.6. The van der Waals surface area contributed by atoms with E-state index in [0.717, 1.165) is 21.2 Å². The van der Waals surface area contributed by atoms with E-state index in [-0.39, 0.29) is 52.9 Å². The summed E-state index contributed by atoms with van der Waals surface area (Å²) in [6.45, 7) is 10.5. The third-order valence-corrected chi connectivity index (χ3v) is 7.66. The Morgan fingerprint density at radius 1 is 0.667 bits per heavy atom. The summed E-state index contributed by atoms with van der Waals surface area (Å²) in [5.41, 5.74) is 4.15. The number of ether oxygens (including phenoxy) is 2. The second-order valence-electron chi connectivity index (χ2n) is 10.7. The maximum atomic E-state index is 12.0. The summed E-state index contributed by atoms with van der Waals surface area (Å²) in [7, 11) is 3.05. The summed E-state index contributed by atoms with van der Waals surface area (Å²) in [5.74, 6) is -0.552. The van der Waals surface area contributed by atoms with Crippen LogP contribution in [0.15, 0.2) is 65.1 Å². The van der Waals surface area contributed by atoms with Crippen LogP contribution in [0, 0.1) is 6.92 Å². The highest BCUT2D eigenvalue weighted by molar-refractivity contribution is 9.10. The number of aromatic amines is 2. The van der Waals surface area contributed by atoms with Crippen molar-refractivity contribution in [2.45, 2.75) is 46.8 Å². The van der Waals surface area contributed by atoms with Gasteiger partial charge in [0.25, 0.3) is 23.6 Å². The predicted octanol–water partition coefficient (Wildman–Crippen LogP) is 5.60. The molecule has 0 spiro atoms. The molecule has 4 rings (SSSR count). The van der Waals surface area contributed by atoms with Crippen LogP contribution < -0.4 is 30.7 Å². The molecule has 4 aromatic rings. The van der Waals surface area contributed by atoms with E-state index < -0.39 is 0 Å². The molecule has 6 N–H and O–H groups in total. The van der Waals surface area contributed by atoms with Crippen LogP contribution >= 0.6 is 15.9 Å². The number of benzene rings is 2. The summed E-state index contributed by atoms with van der Waals surface area (Å²) in [4.78, 5) is 53.7. The van der Waals surface area contributed by atoms with Gasteiger partial charge in [-0.1, -0.05) is 57.9 Å². The topological polar surface area (TPSA) is 166 Å². The molecule has 0 fully saturated rings. The molecule has 48 heavy (non-hydrogen) atoms. The van der Waals surface area contributed by atoms with Crippen molar-refractivity contribution in [3.05, 3.63) is 105 Å². The molecular formula is C35H43BrN6O6. The Balaban J connectivity index is 0.000000260. The Labute approximate surface area is 288 Å². The van der Waals surface area contributed by atoms with Crippen molar-refractivity contribution in [1.29, 1.82) is 0 Å². The van der Waals surface area contributed by atoms with E-state index in [1.54, 1.807) is 12.1 Å². The number of rotatable bonds is 12. The zero-order chi connectivity index (χ0) is 35.4. The van der Waals surface area contributed by atoms with Crippen LogP contribution in [0.4, 0.5) is 0 Å². The number of H-pyrrole nitrogens is 2. The van der Waals surface area contributed by atoms with E-state index in [1.807, 2.05) is 83.1 Å². The van der Waals surface area contributed by atoms with Gasteiger partial charge in [0.1, 0.15) is 35.0 Å². The number of halogens is 1. The Morgan fingerprint density at radius 3 is 1.40 bits per heavy atom. The first-order chi connectivity index (χ1) is 22.9. The van der Waals surface area contributed by atoms with Crippen molar-refractivity contribution in [2.75, 3.05) is 27.2 Å². The number of nitrogens with one attached hydrogen (secondary N) is 6. The number of amides is 4. The molecule has 256 valence electrons. The van der Waals surface area contributed by atoms with Gasteiger partial charge in [-0.05, 0) is 57.9 Å². The lowest BCUT2D eigenvalue weighted by Gasteiger charge is -2.15.